The Hall–Kier alpha value is -3.96. The molecular weight excluding hydrogens is 577 g/mol. The lowest BCUT2D eigenvalue weighted by Crippen LogP contribution is -2.42. The van der Waals surface area contributed by atoms with Crippen molar-refractivity contribution in [1.82, 2.24) is 20.3 Å². The molecule has 2 aromatic carbocycles. The molecule has 232 valence electrons. The van der Waals surface area contributed by atoms with E-state index in [9.17, 15) is 18.8 Å². The number of likely N-dealkylation sites (N-methyl/N-ethyl adjacent to an activating group) is 1. The van der Waals surface area contributed by atoms with Crippen LogP contribution in [-0.2, 0) is 20.7 Å². The third-order valence-electron chi connectivity index (χ3n) is 7.18. The number of nitrogens with one attached hydrogen (secondary N) is 2. The molecule has 1 aliphatic heterocycles. The van der Waals surface area contributed by atoms with Gasteiger partial charge in [0.1, 0.15) is 18.1 Å². The number of ether oxygens (including phenoxy) is 1. The molecule has 4 rings (SSSR count). The highest BCUT2D eigenvalue weighted by molar-refractivity contribution is 6.31. The zero-order chi connectivity index (χ0) is 29.9. The molecule has 2 N–H and O–H groups in total. The van der Waals surface area contributed by atoms with Gasteiger partial charge in [0.2, 0.25) is 17.7 Å². The lowest BCUT2D eigenvalue weighted by Gasteiger charge is -2.29. The molecule has 1 saturated heterocycles. The second-order valence-electron chi connectivity index (χ2n) is 10.1. The summed E-state index contributed by atoms with van der Waals surface area (Å²) in [6, 6.07) is 14.8. The predicted octanol–water partition coefficient (Wildman–Crippen LogP) is 5.38. The third kappa shape index (κ3) is 9.79. The van der Waals surface area contributed by atoms with Crippen molar-refractivity contribution in [2.45, 2.75) is 45.6 Å². The summed E-state index contributed by atoms with van der Waals surface area (Å²) in [4.78, 5) is 41.9. The Balaban J connectivity index is 0.00000506. The standard InChI is InChI=1S/C30H35ClFN5O5.CH4/c1-36(27(38)13-11-22-9-5-10-24(32)29(22)31)23(12-14-28(39)37-17-6-15-33-16-18-37)20-41-30(40)34-26-19-25(35-42-26)21-7-3-2-4-8-21;/h2-5,7-10,19,23,33H,6,11-18,20H2,1H3,(H,34,40);1H4/t23-;/m0./s1. The van der Waals surface area contributed by atoms with Gasteiger partial charge in [-0.05, 0) is 37.4 Å². The Kier molecular flexibility index (Phi) is 13.0. The van der Waals surface area contributed by atoms with E-state index in [1.807, 2.05) is 35.2 Å². The fourth-order valence-electron chi connectivity index (χ4n) is 4.68. The molecule has 3 amide bonds. The molecule has 1 aliphatic rings. The summed E-state index contributed by atoms with van der Waals surface area (Å²) in [7, 11) is 1.60. The molecule has 0 saturated carbocycles. The number of carbonyl (C=O) groups is 3. The van der Waals surface area contributed by atoms with Crippen molar-refractivity contribution in [2.75, 3.05) is 45.2 Å². The number of aryl methyl sites for hydroxylation is 1. The van der Waals surface area contributed by atoms with E-state index in [4.69, 9.17) is 20.9 Å². The van der Waals surface area contributed by atoms with Gasteiger partial charge in [0.25, 0.3) is 0 Å². The number of anilines is 1. The van der Waals surface area contributed by atoms with Gasteiger partial charge in [0, 0.05) is 51.2 Å². The smallest absolute Gasteiger partial charge is 0.414 e. The number of hydrogen-bond acceptors (Lipinski definition) is 7. The summed E-state index contributed by atoms with van der Waals surface area (Å²) in [6.45, 7) is 2.73. The van der Waals surface area contributed by atoms with Gasteiger partial charge in [-0.3, -0.25) is 14.9 Å². The Morgan fingerprint density at radius 3 is 2.72 bits per heavy atom. The minimum absolute atomic E-state index is 0. The van der Waals surface area contributed by atoms with Crippen LogP contribution in [0.15, 0.2) is 59.1 Å². The maximum Gasteiger partial charge on any atom is 0.414 e. The summed E-state index contributed by atoms with van der Waals surface area (Å²) >= 11 is 6.05. The molecular formula is C31H39ClFN5O5. The average Bonchev–Trinajstić information content (AvgIpc) is 3.28. The molecule has 0 spiro atoms. The molecule has 12 heteroatoms. The van der Waals surface area contributed by atoms with Crippen LogP contribution >= 0.6 is 11.6 Å². The summed E-state index contributed by atoms with van der Waals surface area (Å²) in [5.74, 6) is -0.706. The van der Waals surface area contributed by atoms with Gasteiger partial charge in [-0.1, -0.05) is 66.6 Å². The summed E-state index contributed by atoms with van der Waals surface area (Å²) < 4.78 is 24.5. The second-order valence-corrected chi connectivity index (χ2v) is 10.4. The summed E-state index contributed by atoms with van der Waals surface area (Å²) in [5.41, 5.74) is 1.90. The molecule has 0 aliphatic carbocycles. The average molecular weight is 616 g/mol. The molecule has 1 atom stereocenters. The van der Waals surface area contributed by atoms with Crippen LogP contribution in [0.5, 0.6) is 0 Å². The van der Waals surface area contributed by atoms with Gasteiger partial charge < -0.3 is 24.4 Å². The third-order valence-corrected chi connectivity index (χ3v) is 7.60. The highest BCUT2D eigenvalue weighted by atomic mass is 35.5. The number of amides is 3. The van der Waals surface area contributed by atoms with Crippen LogP contribution in [0.3, 0.4) is 0 Å². The van der Waals surface area contributed by atoms with Crippen LogP contribution in [0.25, 0.3) is 11.3 Å². The quantitative estimate of drug-likeness (QED) is 0.297. The number of halogens is 2. The Morgan fingerprint density at radius 1 is 1.14 bits per heavy atom. The topological polar surface area (TPSA) is 117 Å². The summed E-state index contributed by atoms with van der Waals surface area (Å²) in [5, 5.41) is 9.74. The molecule has 2 heterocycles. The van der Waals surface area contributed by atoms with Gasteiger partial charge in [-0.15, -0.1) is 0 Å². The molecule has 43 heavy (non-hydrogen) atoms. The minimum Gasteiger partial charge on any atom is -0.447 e. The van der Waals surface area contributed by atoms with E-state index in [-0.39, 0.29) is 56.0 Å². The lowest BCUT2D eigenvalue weighted by molar-refractivity contribution is -0.135. The predicted molar refractivity (Wildman–Crippen MR) is 163 cm³/mol. The maximum absolute atomic E-state index is 13.8. The van der Waals surface area contributed by atoms with Gasteiger partial charge in [-0.25, -0.2) is 9.18 Å². The van der Waals surface area contributed by atoms with Crippen LogP contribution in [0.2, 0.25) is 5.02 Å². The minimum atomic E-state index is -0.784. The van der Waals surface area contributed by atoms with Crippen molar-refractivity contribution in [2.24, 2.45) is 0 Å². The van der Waals surface area contributed by atoms with E-state index >= 15 is 0 Å². The van der Waals surface area contributed by atoms with Crippen LogP contribution in [0, 0.1) is 5.82 Å². The zero-order valence-corrected chi connectivity index (χ0v) is 24.2. The summed E-state index contributed by atoms with van der Waals surface area (Å²) in [6.07, 6.45) is 0.864. The normalized spacial score (nSPS) is 13.8. The van der Waals surface area contributed by atoms with Crippen molar-refractivity contribution in [3.05, 3.63) is 71.0 Å². The van der Waals surface area contributed by atoms with Crippen LogP contribution in [0.1, 0.15) is 38.7 Å². The largest absolute Gasteiger partial charge is 0.447 e. The van der Waals surface area contributed by atoms with Crippen molar-refractivity contribution in [3.63, 3.8) is 0 Å². The van der Waals surface area contributed by atoms with Crippen molar-refractivity contribution < 1.29 is 28.0 Å². The molecule has 0 bridgehead atoms. The fourth-order valence-corrected chi connectivity index (χ4v) is 4.90. The van der Waals surface area contributed by atoms with Gasteiger partial charge >= 0.3 is 6.09 Å². The highest BCUT2D eigenvalue weighted by Crippen LogP contribution is 2.23. The maximum atomic E-state index is 13.8. The number of aromatic nitrogens is 1. The van der Waals surface area contributed by atoms with Crippen molar-refractivity contribution in [3.8, 4) is 11.3 Å². The first-order valence-corrected chi connectivity index (χ1v) is 14.3. The molecule has 10 nitrogen and oxygen atoms in total. The van der Waals surface area contributed by atoms with Crippen molar-refractivity contribution >= 4 is 35.4 Å². The molecule has 0 radical (unpaired) electrons. The lowest BCUT2D eigenvalue weighted by atomic mass is 10.1. The highest BCUT2D eigenvalue weighted by Gasteiger charge is 2.25. The number of benzene rings is 2. The molecule has 0 unspecified atom stereocenters. The van der Waals surface area contributed by atoms with E-state index < -0.39 is 18.0 Å². The zero-order valence-electron chi connectivity index (χ0n) is 23.5. The first-order valence-electron chi connectivity index (χ1n) is 13.9. The van der Waals surface area contributed by atoms with Crippen molar-refractivity contribution in [1.29, 1.82) is 0 Å². The fraction of sp³-hybridized carbons (Fsp3) is 0.419. The van der Waals surface area contributed by atoms with Gasteiger partial charge in [0.15, 0.2) is 0 Å². The molecule has 1 aromatic heterocycles. The number of rotatable bonds is 11. The molecule has 1 fully saturated rings. The number of hydrogen-bond donors (Lipinski definition) is 2. The Bertz CT molecular complexity index is 1350. The van der Waals surface area contributed by atoms with Crippen LogP contribution < -0.4 is 10.6 Å². The van der Waals surface area contributed by atoms with E-state index in [0.29, 0.717) is 30.8 Å². The van der Waals surface area contributed by atoms with Crippen LogP contribution in [-0.4, -0.2) is 78.7 Å². The molecule has 3 aromatic rings. The number of nitrogens with zero attached hydrogens (tertiary/aromatic N) is 3. The van der Waals surface area contributed by atoms with E-state index in [2.05, 4.69) is 15.8 Å². The van der Waals surface area contributed by atoms with Crippen LogP contribution in [0.4, 0.5) is 15.1 Å². The number of carbonyl (C=O) groups excluding carboxylic acids is 3. The Morgan fingerprint density at radius 2 is 1.93 bits per heavy atom. The first-order chi connectivity index (χ1) is 20.3. The van der Waals surface area contributed by atoms with E-state index in [1.165, 1.54) is 11.0 Å². The van der Waals surface area contributed by atoms with Gasteiger partial charge in [0.05, 0.1) is 11.1 Å². The van der Waals surface area contributed by atoms with Gasteiger partial charge in [-0.2, -0.15) is 0 Å². The van der Waals surface area contributed by atoms with E-state index in [1.54, 1.807) is 25.2 Å². The first kappa shape index (κ1) is 33.5. The monoisotopic (exact) mass is 615 g/mol. The Labute approximate surface area is 256 Å². The second kappa shape index (κ2) is 16.6. The SMILES string of the molecule is C.CN(C(=O)CCc1cccc(F)c1Cl)[C@@H](CCC(=O)N1CCCNCC1)COC(=O)Nc1cc(-c2ccccc2)no1. The van der Waals surface area contributed by atoms with E-state index in [0.717, 1.165) is 25.1 Å².